The van der Waals surface area contributed by atoms with Crippen LogP contribution in [0.2, 0.25) is 0 Å². The first-order chi connectivity index (χ1) is 8.47. The van der Waals surface area contributed by atoms with E-state index >= 15 is 0 Å². The van der Waals surface area contributed by atoms with Gasteiger partial charge in [-0.25, -0.2) is 13.2 Å². The van der Waals surface area contributed by atoms with Gasteiger partial charge in [0.15, 0.2) is 17.5 Å². The molecule has 0 heterocycles. The maximum Gasteiger partial charge on any atom is 0.251 e. The third kappa shape index (κ3) is 2.64. The van der Waals surface area contributed by atoms with E-state index in [0.717, 1.165) is 12.8 Å². The van der Waals surface area contributed by atoms with E-state index in [1.807, 2.05) is 0 Å². The number of hydrogen-bond acceptors (Lipinski definition) is 2. The maximum atomic E-state index is 13.0. The van der Waals surface area contributed by atoms with E-state index in [-0.39, 0.29) is 17.6 Å². The number of nitrogens with two attached hydrogens (primary N) is 1. The molecule has 1 aromatic rings. The SMILES string of the molecule is N[C@@H]1CC[C@H](NC(=O)c2cc(F)c(F)c(F)c2)C1. The van der Waals surface area contributed by atoms with Crippen LogP contribution in [0.1, 0.15) is 29.6 Å². The van der Waals surface area contributed by atoms with Crippen LogP contribution in [0.15, 0.2) is 12.1 Å². The van der Waals surface area contributed by atoms with Crippen molar-refractivity contribution in [2.45, 2.75) is 31.3 Å². The third-order valence-corrected chi connectivity index (χ3v) is 3.05. The smallest absolute Gasteiger partial charge is 0.251 e. The molecule has 18 heavy (non-hydrogen) atoms. The fourth-order valence-corrected chi connectivity index (χ4v) is 2.10. The van der Waals surface area contributed by atoms with Crippen molar-refractivity contribution in [1.29, 1.82) is 0 Å². The van der Waals surface area contributed by atoms with Gasteiger partial charge in [0.05, 0.1) is 0 Å². The molecule has 2 atom stereocenters. The number of nitrogens with one attached hydrogen (secondary N) is 1. The number of amides is 1. The van der Waals surface area contributed by atoms with E-state index < -0.39 is 23.4 Å². The highest BCUT2D eigenvalue weighted by Gasteiger charge is 2.24. The Bertz CT molecular complexity index is 455. The number of carbonyl (C=O) groups excluding carboxylic acids is 1. The van der Waals surface area contributed by atoms with Gasteiger partial charge in [0, 0.05) is 17.6 Å². The van der Waals surface area contributed by atoms with Gasteiger partial charge in [0.2, 0.25) is 0 Å². The van der Waals surface area contributed by atoms with Gasteiger partial charge in [-0.2, -0.15) is 0 Å². The van der Waals surface area contributed by atoms with Crippen LogP contribution in [0, 0.1) is 17.5 Å². The molecule has 0 bridgehead atoms. The van der Waals surface area contributed by atoms with Crippen LogP contribution >= 0.6 is 0 Å². The number of rotatable bonds is 2. The molecule has 1 aliphatic rings. The first kappa shape index (κ1) is 12.9. The highest BCUT2D eigenvalue weighted by molar-refractivity contribution is 5.94. The summed E-state index contributed by atoms with van der Waals surface area (Å²) in [6, 6.07) is 1.31. The minimum Gasteiger partial charge on any atom is -0.349 e. The Morgan fingerprint density at radius 2 is 1.83 bits per heavy atom. The zero-order valence-electron chi connectivity index (χ0n) is 9.55. The topological polar surface area (TPSA) is 55.1 Å². The Kier molecular flexibility index (Phi) is 3.56. The fraction of sp³-hybridized carbons (Fsp3) is 0.417. The molecular formula is C12H13F3N2O. The van der Waals surface area contributed by atoms with E-state index in [9.17, 15) is 18.0 Å². The quantitative estimate of drug-likeness (QED) is 0.793. The maximum absolute atomic E-state index is 13.0. The second-order valence-electron chi connectivity index (χ2n) is 4.50. The molecule has 3 N–H and O–H groups in total. The van der Waals surface area contributed by atoms with Crippen molar-refractivity contribution in [1.82, 2.24) is 5.32 Å². The Hall–Kier alpha value is -1.56. The van der Waals surface area contributed by atoms with Gasteiger partial charge in [-0.1, -0.05) is 0 Å². The van der Waals surface area contributed by atoms with Crippen LogP contribution in [-0.2, 0) is 0 Å². The predicted molar refractivity (Wildman–Crippen MR) is 59.4 cm³/mol. The largest absolute Gasteiger partial charge is 0.349 e. The molecule has 6 heteroatoms. The summed E-state index contributed by atoms with van der Waals surface area (Å²) in [6.07, 6.45) is 2.17. The highest BCUT2D eigenvalue weighted by Crippen LogP contribution is 2.18. The van der Waals surface area contributed by atoms with Crippen molar-refractivity contribution in [2.75, 3.05) is 0 Å². The summed E-state index contributed by atoms with van der Waals surface area (Å²) in [4.78, 5) is 11.7. The first-order valence-corrected chi connectivity index (χ1v) is 5.68. The summed E-state index contributed by atoms with van der Waals surface area (Å²) in [5.74, 6) is -4.94. The van der Waals surface area contributed by atoms with Crippen LogP contribution in [-0.4, -0.2) is 18.0 Å². The minimum absolute atomic E-state index is 0.0389. The van der Waals surface area contributed by atoms with Crippen LogP contribution in [0.4, 0.5) is 13.2 Å². The number of halogens is 3. The first-order valence-electron chi connectivity index (χ1n) is 5.68. The molecular weight excluding hydrogens is 245 g/mol. The Morgan fingerprint density at radius 3 is 2.33 bits per heavy atom. The Labute approximate surface area is 102 Å². The van der Waals surface area contributed by atoms with Crippen LogP contribution in [0.25, 0.3) is 0 Å². The average Bonchev–Trinajstić information content (AvgIpc) is 2.71. The number of hydrogen-bond donors (Lipinski definition) is 2. The van der Waals surface area contributed by atoms with E-state index in [2.05, 4.69) is 5.32 Å². The fourth-order valence-electron chi connectivity index (χ4n) is 2.10. The van der Waals surface area contributed by atoms with Crippen LogP contribution in [0.3, 0.4) is 0 Å². The van der Waals surface area contributed by atoms with Crippen molar-refractivity contribution in [3.05, 3.63) is 35.1 Å². The molecule has 1 aliphatic carbocycles. The van der Waals surface area contributed by atoms with Crippen molar-refractivity contribution in [2.24, 2.45) is 5.73 Å². The summed E-state index contributed by atoms with van der Waals surface area (Å²) in [7, 11) is 0. The van der Waals surface area contributed by atoms with E-state index in [4.69, 9.17) is 5.73 Å². The predicted octanol–water partition coefficient (Wildman–Crippen LogP) is 1.71. The molecule has 1 fully saturated rings. The van der Waals surface area contributed by atoms with Crippen molar-refractivity contribution < 1.29 is 18.0 Å². The lowest BCUT2D eigenvalue weighted by Crippen LogP contribution is -2.34. The summed E-state index contributed by atoms with van der Waals surface area (Å²) < 4.78 is 38.7. The summed E-state index contributed by atoms with van der Waals surface area (Å²) in [6.45, 7) is 0. The van der Waals surface area contributed by atoms with Crippen LogP contribution in [0.5, 0.6) is 0 Å². The third-order valence-electron chi connectivity index (χ3n) is 3.05. The molecule has 2 rings (SSSR count). The molecule has 0 aromatic heterocycles. The van der Waals surface area contributed by atoms with Crippen molar-refractivity contribution >= 4 is 5.91 Å². The van der Waals surface area contributed by atoms with Gasteiger partial charge in [-0.3, -0.25) is 4.79 Å². The molecule has 98 valence electrons. The normalized spacial score (nSPS) is 23.1. The van der Waals surface area contributed by atoms with Gasteiger partial charge < -0.3 is 11.1 Å². The second-order valence-corrected chi connectivity index (χ2v) is 4.50. The van der Waals surface area contributed by atoms with Crippen LogP contribution < -0.4 is 11.1 Å². The lowest BCUT2D eigenvalue weighted by molar-refractivity contribution is 0.0936. The summed E-state index contributed by atoms with van der Waals surface area (Å²) in [5.41, 5.74) is 5.46. The molecule has 1 amide bonds. The van der Waals surface area contributed by atoms with Gasteiger partial charge >= 0.3 is 0 Å². The zero-order valence-corrected chi connectivity index (χ0v) is 9.55. The molecule has 0 radical (unpaired) electrons. The number of carbonyl (C=O) groups is 1. The Balaban J connectivity index is 2.09. The Morgan fingerprint density at radius 1 is 1.22 bits per heavy atom. The lowest BCUT2D eigenvalue weighted by Gasteiger charge is -2.12. The molecule has 0 saturated heterocycles. The molecule has 3 nitrogen and oxygen atoms in total. The molecule has 1 saturated carbocycles. The van der Waals surface area contributed by atoms with Crippen molar-refractivity contribution in [3.8, 4) is 0 Å². The second kappa shape index (κ2) is 4.97. The molecule has 1 aromatic carbocycles. The monoisotopic (exact) mass is 258 g/mol. The molecule has 0 unspecified atom stereocenters. The summed E-state index contributed by atoms with van der Waals surface area (Å²) >= 11 is 0. The van der Waals surface area contributed by atoms with Gasteiger partial charge in [0.1, 0.15) is 0 Å². The van der Waals surface area contributed by atoms with Crippen molar-refractivity contribution in [3.63, 3.8) is 0 Å². The zero-order chi connectivity index (χ0) is 13.3. The highest BCUT2D eigenvalue weighted by atomic mass is 19.2. The lowest BCUT2D eigenvalue weighted by atomic mass is 10.1. The van der Waals surface area contributed by atoms with E-state index in [0.29, 0.717) is 18.6 Å². The van der Waals surface area contributed by atoms with Gasteiger partial charge in [0.25, 0.3) is 5.91 Å². The van der Waals surface area contributed by atoms with E-state index in [1.165, 1.54) is 0 Å². The van der Waals surface area contributed by atoms with Gasteiger partial charge in [-0.05, 0) is 31.4 Å². The minimum atomic E-state index is -1.57. The molecule has 0 aliphatic heterocycles. The average molecular weight is 258 g/mol. The number of benzene rings is 1. The standard InChI is InChI=1S/C12H13F3N2O/c13-9-3-6(4-10(14)11(9)15)12(18)17-8-2-1-7(16)5-8/h3-4,7-8H,1-2,5,16H2,(H,17,18)/t7-,8+/m1/s1. The van der Waals surface area contributed by atoms with E-state index in [1.54, 1.807) is 0 Å². The van der Waals surface area contributed by atoms with Gasteiger partial charge in [-0.15, -0.1) is 0 Å². The molecule has 0 spiro atoms. The summed E-state index contributed by atoms with van der Waals surface area (Å²) in [5, 5.41) is 2.62.